The third kappa shape index (κ3) is 5.36. The SMILES string of the molecule is CC(C)(C)C1CCCN(CCC(N)CO)CC1. The minimum atomic E-state index is -0.0448. The van der Waals surface area contributed by atoms with Crippen molar-refractivity contribution >= 4 is 0 Å². The summed E-state index contributed by atoms with van der Waals surface area (Å²) in [6.07, 6.45) is 4.87. The Hall–Kier alpha value is -0.120. The lowest BCUT2D eigenvalue weighted by Gasteiger charge is -2.30. The van der Waals surface area contributed by atoms with E-state index in [-0.39, 0.29) is 12.6 Å². The quantitative estimate of drug-likeness (QED) is 0.791. The molecule has 1 rings (SSSR count). The Morgan fingerprint density at radius 2 is 2.00 bits per heavy atom. The Bertz CT molecular complexity index is 213. The molecule has 1 fully saturated rings. The molecule has 2 unspecified atom stereocenters. The topological polar surface area (TPSA) is 49.5 Å². The maximum Gasteiger partial charge on any atom is 0.0583 e. The summed E-state index contributed by atoms with van der Waals surface area (Å²) in [5, 5.41) is 8.93. The van der Waals surface area contributed by atoms with Gasteiger partial charge in [-0.25, -0.2) is 0 Å². The number of hydrogen-bond acceptors (Lipinski definition) is 3. The van der Waals surface area contributed by atoms with Crippen LogP contribution in [-0.2, 0) is 0 Å². The second-order valence-electron chi connectivity index (χ2n) is 6.57. The zero-order chi connectivity index (χ0) is 12.9. The molecule has 3 N–H and O–H groups in total. The van der Waals surface area contributed by atoms with E-state index in [1.54, 1.807) is 0 Å². The van der Waals surface area contributed by atoms with Crippen LogP contribution in [0.3, 0.4) is 0 Å². The minimum Gasteiger partial charge on any atom is -0.395 e. The average molecular weight is 242 g/mol. The molecule has 102 valence electrons. The van der Waals surface area contributed by atoms with Crippen LogP contribution in [-0.4, -0.2) is 42.3 Å². The first-order valence-electron chi connectivity index (χ1n) is 7.02. The normalized spacial score (nSPS) is 25.6. The van der Waals surface area contributed by atoms with E-state index in [2.05, 4.69) is 25.7 Å². The molecule has 0 aromatic heterocycles. The first-order valence-corrected chi connectivity index (χ1v) is 7.02. The Morgan fingerprint density at radius 3 is 2.59 bits per heavy atom. The molecule has 0 radical (unpaired) electrons. The van der Waals surface area contributed by atoms with Crippen molar-refractivity contribution in [3.63, 3.8) is 0 Å². The van der Waals surface area contributed by atoms with Crippen LogP contribution in [0.4, 0.5) is 0 Å². The van der Waals surface area contributed by atoms with Crippen molar-refractivity contribution in [2.45, 2.75) is 52.5 Å². The van der Waals surface area contributed by atoms with E-state index in [0.29, 0.717) is 5.41 Å². The van der Waals surface area contributed by atoms with Crippen molar-refractivity contribution in [2.24, 2.45) is 17.1 Å². The first kappa shape index (κ1) is 14.9. The number of hydrogen-bond donors (Lipinski definition) is 2. The highest BCUT2D eigenvalue weighted by Gasteiger charge is 2.26. The maximum atomic E-state index is 8.93. The van der Waals surface area contributed by atoms with Crippen molar-refractivity contribution in [1.29, 1.82) is 0 Å². The van der Waals surface area contributed by atoms with Gasteiger partial charge in [-0.05, 0) is 56.7 Å². The van der Waals surface area contributed by atoms with Gasteiger partial charge in [-0.1, -0.05) is 20.8 Å². The summed E-state index contributed by atoms with van der Waals surface area (Å²) in [5.41, 5.74) is 6.19. The van der Waals surface area contributed by atoms with Crippen LogP contribution in [0, 0.1) is 11.3 Å². The molecule has 0 aromatic carbocycles. The Balaban J connectivity index is 2.32. The summed E-state index contributed by atoms with van der Waals surface area (Å²) in [5.74, 6) is 0.846. The van der Waals surface area contributed by atoms with Crippen LogP contribution in [0.1, 0.15) is 46.5 Å². The lowest BCUT2D eigenvalue weighted by atomic mass is 9.77. The second kappa shape index (κ2) is 6.72. The van der Waals surface area contributed by atoms with Gasteiger partial charge in [0.05, 0.1) is 6.61 Å². The number of aliphatic hydroxyl groups is 1. The van der Waals surface area contributed by atoms with E-state index >= 15 is 0 Å². The third-order valence-electron chi connectivity index (χ3n) is 4.10. The highest BCUT2D eigenvalue weighted by molar-refractivity contribution is 4.79. The largest absolute Gasteiger partial charge is 0.395 e. The van der Waals surface area contributed by atoms with Crippen LogP contribution < -0.4 is 5.73 Å². The maximum absolute atomic E-state index is 8.93. The van der Waals surface area contributed by atoms with Gasteiger partial charge >= 0.3 is 0 Å². The molecule has 0 aliphatic carbocycles. The van der Waals surface area contributed by atoms with Crippen LogP contribution in [0.2, 0.25) is 0 Å². The van der Waals surface area contributed by atoms with E-state index in [4.69, 9.17) is 10.8 Å². The lowest BCUT2D eigenvalue weighted by Crippen LogP contribution is -2.33. The van der Waals surface area contributed by atoms with Gasteiger partial charge in [0.2, 0.25) is 0 Å². The van der Waals surface area contributed by atoms with Gasteiger partial charge < -0.3 is 15.7 Å². The molecule has 1 aliphatic heterocycles. The zero-order valence-corrected chi connectivity index (χ0v) is 11.8. The first-order chi connectivity index (χ1) is 7.93. The number of aliphatic hydroxyl groups excluding tert-OH is 1. The predicted molar refractivity (Wildman–Crippen MR) is 72.9 cm³/mol. The van der Waals surface area contributed by atoms with E-state index in [0.717, 1.165) is 18.9 Å². The lowest BCUT2D eigenvalue weighted by molar-refractivity contribution is 0.201. The van der Waals surface area contributed by atoms with E-state index in [1.807, 2.05) is 0 Å². The minimum absolute atomic E-state index is 0.0448. The van der Waals surface area contributed by atoms with Crippen LogP contribution in [0.25, 0.3) is 0 Å². The number of likely N-dealkylation sites (tertiary alicyclic amines) is 1. The van der Waals surface area contributed by atoms with Crippen LogP contribution in [0.15, 0.2) is 0 Å². The van der Waals surface area contributed by atoms with Gasteiger partial charge in [0.25, 0.3) is 0 Å². The molecule has 0 amide bonds. The highest BCUT2D eigenvalue weighted by Crippen LogP contribution is 2.34. The monoisotopic (exact) mass is 242 g/mol. The summed E-state index contributed by atoms with van der Waals surface area (Å²) in [7, 11) is 0. The molecule has 3 nitrogen and oxygen atoms in total. The van der Waals surface area contributed by atoms with E-state index < -0.39 is 0 Å². The zero-order valence-electron chi connectivity index (χ0n) is 11.8. The average Bonchev–Trinajstić information content (AvgIpc) is 2.50. The molecular weight excluding hydrogens is 212 g/mol. The van der Waals surface area contributed by atoms with Crippen molar-refractivity contribution in [3.8, 4) is 0 Å². The van der Waals surface area contributed by atoms with Gasteiger partial charge in [-0.15, -0.1) is 0 Å². The fourth-order valence-corrected chi connectivity index (χ4v) is 2.69. The molecule has 1 saturated heterocycles. The van der Waals surface area contributed by atoms with Gasteiger partial charge in [-0.3, -0.25) is 0 Å². The standard InChI is InChI=1S/C14H30N2O/c1-14(2,3)12-5-4-8-16(9-6-12)10-7-13(15)11-17/h12-13,17H,4-11,15H2,1-3H3. The van der Waals surface area contributed by atoms with Crippen LogP contribution in [0.5, 0.6) is 0 Å². The molecule has 0 aromatic rings. The predicted octanol–water partition coefficient (Wildman–Crippen LogP) is 1.84. The summed E-state index contributed by atoms with van der Waals surface area (Å²) < 4.78 is 0. The summed E-state index contributed by atoms with van der Waals surface area (Å²) in [4.78, 5) is 2.52. The van der Waals surface area contributed by atoms with Gasteiger partial charge in [-0.2, -0.15) is 0 Å². The number of nitrogens with two attached hydrogens (primary N) is 1. The number of rotatable bonds is 4. The van der Waals surface area contributed by atoms with Crippen LogP contribution >= 0.6 is 0 Å². The fraction of sp³-hybridized carbons (Fsp3) is 1.00. The summed E-state index contributed by atoms with van der Waals surface area (Å²) in [6.45, 7) is 10.6. The van der Waals surface area contributed by atoms with Gasteiger partial charge in [0.1, 0.15) is 0 Å². The Morgan fingerprint density at radius 1 is 1.29 bits per heavy atom. The molecule has 0 bridgehead atoms. The second-order valence-corrected chi connectivity index (χ2v) is 6.57. The van der Waals surface area contributed by atoms with Crippen molar-refractivity contribution in [2.75, 3.05) is 26.2 Å². The van der Waals surface area contributed by atoms with E-state index in [9.17, 15) is 0 Å². The summed E-state index contributed by atoms with van der Waals surface area (Å²) >= 11 is 0. The van der Waals surface area contributed by atoms with E-state index in [1.165, 1.54) is 32.4 Å². The van der Waals surface area contributed by atoms with Crippen molar-refractivity contribution in [1.82, 2.24) is 4.90 Å². The Kier molecular flexibility index (Phi) is 5.90. The van der Waals surface area contributed by atoms with Crippen molar-refractivity contribution < 1.29 is 5.11 Å². The third-order valence-corrected chi connectivity index (χ3v) is 4.10. The molecule has 1 heterocycles. The smallest absolute Gasteiger partial charge is 0.0583 e. The number of nitrogens with zero attached hydrogens (tertiary/aromatic N) is 1. The summed E-state index contributed by atoms with van der Waals surface area (Å²) in [6, 6.07) is -0.0448. The molecule has 1 aliphatic rings. The van der Waals surface area contributed by atoms with Gasteiger partial charge in [0, 0.05) is 6.04 Å². The van der Waals surface area contributed by atoms with Crippen molar-refractivity contribution in [3.05, 3.63) is 0 Å². The molecule has 0 saturated carbocycles. The molecule has 0 spiro atoms. The Labute approximate surface area is 106 Å². The molecular formula is C14H30N2O. The molecule has 3 heteroatoms. The molecule has 17 heavy (non-hydrogen) atoms. The highest BCUT2D eigenvalue weighted by atomic mass is 16.3. The molecule has 2 atom stereocenters. The van der Waals surface area contributed by atoms with Gasteiger partial charge in [0.15, 0.2) is 0 Å². The fourth-order valence-electron chi connectivity index (χ4n) is 2.69.